The number of hydrogen-bond acceptors (Lipinski definition) is 4. The molecule has 2 aromatic rings. The van der Waals surface area contributed by atoms with Crippen molar-refractivity contribution in [3.8, 4) is 5.88 Å². The largest absolute Gasteiger partial charge is 0.477 e. The van der Waals surface area contributed by atoms with Crippen LogP contribution in [-0.2, 0) is 13.0 Å². The molecular formula is C13H14N2O2. The van der Waals surface area contributed by atoms with Crippen LogP contribution in [0.15, 0.2) is 42.7 Å². The summed E-state index contributed by atoms with van der Waals surface area (Å²) in [6.45, 7) is 0.545. The number of ether oxygens (including phenoxy) is 1. The Bertz CT molecular complexity index is 443. The number of pyridine rings is 2. The maximum absolute atomic E-state index is 8.86. The van der Waals surface area contributed by atoms with Gasteiger partial charge in [-0.05, 0) is 23.8 Å². The number of aliphatic hydroxyl groups is 1. The van der Waals surface area contributed by atoms with Gasteiger partial charge < -0.3 is 9.84 Å². The van der Waals surface area contributed by atoms with Gasteiger partial charge >= 0.3 is 0 Å². The summed E-state index contributed by atoms with van der Waals surface area (Å²) in [5.74, 6) is 0.568. The van der Waals surface area contributed by atoms with Crippen LogP contribution in [0, 0.1) is 0 Å². The number of nitrogens with zero attached hydrogens (tertiary/aromatic N) is 2. The van der Waals surface area contributed by atoms with E-state index in [-0.39, 0.29) is 6.61 Å². The molecule has 2 rings (SSSR count). The van der Waals surface area contributed by atoms with Crippen LogP contribution >= 0.6 is 0 Å². The molecule has 0 aromatic carbocycles. The first-order chi connectivity index (χ1) is 8.38. The van der Waals surface area contributed by atoms with Crippen molar-refractivity contribution in [2.45, 2.75) is 13.0 Å². The molecule has 0 aliphatic rings. The zero-order valence-electron chi connectivity index (χ0n) is 9.41. The third-order valence-electron chi connectivity index (χ3n) is 2.31. The molecule has 2 aromatic heterocycles. The molecule has 4 nitrogen and oxygen atoms in total. The van der Waals surface area contributed by atoms with Gasteiger partial charge in [0.15, 0.2) is 0 Å². The Kier molecular flexibility index (Phi) is 4.05. The molecule has 88 valence electrons. The van der Waals surface area contributed by atoms with Crippen LogP contribution in [0.5, 0.6) is 5.88 Å². The summed E-state index contributed by atoms with van der Waals surface area (Å²) in [6.07, 6.45) is 4.13. The van der Waals surface area contributed by atoms with E-state index in [4.69, 9.17) is 9.84 Å². The Hall–Kier alpha value is -1.94. The lowest BCUT2D eigenvalue weighted by Gasteiger charge is -2.05. The zero-order valence-corrected chi connectivity index (χ0v) is 9.41. The van der Waals surface area contributed by atoms with Gasteiger partial charge in [-0.1, -0.05) is 6.07 Å². The summed E-state index contributed by atoms with van der Waals surface area (Å²) in [5, 5.41) is 8.86. The second kappa shape index (κ2) is 5.96. The molecule has 4 heteroatoms. The Morgan fingerprint density at radius 2 is 2.06 bits per heavy atom. The van der Waals surface area contributed by atoms with Gasteiger partial charge in [0.25, 0.3) is 0 Å². The standard InChI is InChI=1S/C13H14N2O2/c16-10-11-4-5-13(15-9-11)17-8-6-12-3-1-2-7-14-12/h1-5,7,9,16H,6,8,10H2. The van der Waals surface area contributed by atoms with Crippen molar-refractivity contribution in [1.29, 1.82) is 0 Å². The van der Waals surface area contributed by atoms with Crippen molar-refractivity contribution in [1.82, 2.24) is 9.97 Å². The van der Waals surface area contributed by atoms with Crippen LogP contribution in [0.1, 0.15) is 11.3 Å². The van der Waals surface area contributed by atoms with E-state index >= 15 is 0 Å². The van der Waals surface area contributed by atoms with Crippen molar-refractivity contribution < 1.29 is 9.84 Å². The van der Waals surface area contributed by atoms with Gasteiger partial charge in [-0.2, -0.15) is 0 Å². The van der Waals surface area contributed by atoms with Gasteiger partial charge in [0, 0.05) is 30.6 Å². The van der Waals surface area contributed by atoms with E-state index in [2.05, 4.69) is 9.97 Å². The molecule has 0 aliphatic carbocycles. The highest BCUT2D eigenvalue weighted by Gasteiger charge is 1.97. The average Bonchev–Trinajstić information content (AvgIpc) is 2.41. The monoisotopic (exact) mass is 230 g/mol. The van der Waals surface area contributed by atoms with Gasteiger partial charge in [0.05, 0.1) is 13.2 Å². The lowest BCUT2D eigenvalue weighted by molar-refractivity contribution is 0.279. The second-order valence-corrected chi connectivity index (χ2v) is 3.58. The fourth-order valence-electron chi connectivity index (χ4n) is 1.40. The van der Waals surface area contributed by atoms with Crippen LogP contribution < -0.4 is 4.74 Å². The third-order valence-corrected chi connectivity index (χ3v) is 2.31. The van der Waals surface area contributed by atoms with Crippen molar-refractivity contribution in [2.24, 2.45) is 0 Å². The van der Waals surface area contributed by atoms with E-state index in [1.165, 1.54) is 0 Å². The molecule has 0 unspecified atom stereocenters. The molecule has 0 fully saturated rings. The lowest BCUT2D eigenvalue weighted by atomic mass is 10.3. The summed E-state index contributed by atoms with van der Waals surface area (Å²) in [5.41, 5.74) is 1.78. The Balaban J connectivity index is 1.82. The summed E-state index contributed by atoms with van der Waals surface area (Å²) >= 11 is 0. The maximum atomic E-state index is 8.86. The Labute approximate surface area is 99.9 Å². The summed E-state index contributed by atoms with van der Waals surface area (Å²) in [4.78, 5) is 8.28. The first kappa shape index (κ1) is 11.5. The SMILES string of the molecule is OCc1ccc(OCCc2ccccn2)nc1. The zero-order chi connectivity index (χ0) is 11.9. The third kappa shape index (κ3) is 3.53. The molecule has 0 spiro atoms. The van der Waals surface area contributed by atoms with Crippen molar-refractivity contribution in [3.63, 3.8) is 0 Å². The number of rotatable bonds is 5. The molecule has 1 N–H and O–H groups in total. The predicted octanol–water partition coefficient (Wildman–Crippen LogP) is 1.59. The summed E-state index contributed by atoms with van der Waals surface area (Å²) < 4.78 is 5.48. The smallest absolute Gasteiger partial charge is 0.213 e. The van der Waals surface area contributed by atoms with Gasteiger partial charge in [0.2, 0.25) is 5.88 Å². The number of hydrogen-bond donors (Lipinski definition) is 1. The molecule has 0 atom stereocenters. The van der Waals surface area contributed by atoms with Crippen LogP contribution in [0.4, 0.5) is 0 Å². The first-order valence-electron chi connectivity index (χ1n) is 5.47. The minimum absolute atomic E-state index is 0.00121. The first-order valence-corrected chi connectivity index (χ1v) is 5.47. The topological polar surface area (TPSA) is 55.2 Å². The molecule has 0 radical (unpaired) electrons. The van der Waals surface area contributed by atoms with Crippen LogP contribution in [-0.4, -0.2) is 21.7 Å². The van der Waals surface area contributed by atoms with E-state index in [0.29, 0.717) is 12.5 Å². The van der Waals surface area contributed by atoms with Crippen molar-refractivity contribution >= 4 is 0 Å². The molecule has 0 bridgehead atoms. The molecular weight excluding hydrogens is 216 g/mol. The van der Waals surface area contributed by atoms with Crippen molar-refractivity contribution in [2.75, 3.05) is 6.61 Å². The molecule has 17 heavy (non-hydrogen) atoms. The van der Waals surface area contributed by atoms with Crippen LogP contribution in [0.3, 0.4) is 0 Å². The van der Waals surface area contributed by atoms with Gasteiger partial charge in [-0.3, -0.25) is 4.98 Å². The normalized spacial score (nSPS) is 10.2. The van der Waals surface area contributed by atoms with Crippen LogP contribution in [0.2, 0.25) is 0 Å². The Morgan fingerprint density at radius 1 is 1.12 bits per heavy atom. The van der Waals surface area contributed by atoms with Crippen LogP contribution in [0.25, 0.3) is 0 Å². The highest BCUT2D eigenvalue weighted by atomic mass is 16.5. The molecule has 2 heterocycles. The molecule has 0 saturated heterocycles. The van der Waals surface area contributed by atoms with Gasteiger partial charge in [-0.15, -0.1) is 0 Å². The van der Waals surface area contributed by atoms with Crippen molar-refractivity contribution in [3.05, 3.63) is 54.0 Å². The minimum atomic E-state index is 0.00121. The van der Waals surface area contributed by atoms with E-state index < -0.39 is 0 Å². The second-order valence-electron chi connectivity index (χ2n) is 3.58. The van der Waals surface area contributed by atoms with E-state index in [1.54, 1.807) is 24.5 Å². The molecule has 0 amide bonds. The van der Waals surface area contributed by atoms with Gasteiger partial charge in [0.1, 0.15) is 0 Å². The fourth-order valence-corrected chi connectivity index (χ4v) is 1.40. The molecule has 0 saturated carbocycles. The van der Waals surface area contributed by atoms with E-state index in [1.807, 2.05) is 18.2 Å². The van der Waals surface area contributed by atoms with E-state index in [0.717, 1.165) is 17.7 Å². The highest BCUT2D eigenvalue weighted by molar-refractivity contribution is 5.17. The minimum Gasteiger partial charge on any atom is -0.477 e. The predicted molar refractivity (Wildman–Crippen MR) is 63.6 cm³/mol. The fraction of sp³-hybridized carbons (Fsp3) is 0.231. The van der Waals surface area contributed by atoms with Gasteiger partial charge in [-0.25, -0.2) is 4.98 Å². The highest BCUT2D eigenvalue weighted by Crippen LogP contribution is 2.08. The quantitative estimate of drug-likeness (QED) is 0.847. The summed E-state index contributed by atoms with van der Waals surface area (Å²) in [6, 6.07) is 9.36. The lowest BCUT2D eigenvalue weighted by Crippen LogP contribution is -2.03. The maximum Gasteiger partial charge on any atom is 0.213 e. The summed E-state index contributed by atoms with van der Waals surface area (Å²) in [7, 11) is 0. The Morgan fingerprint density at radius 3 is 2.71 bits per heavy atom. The molecule has 0 aliphatic heterocycles. The van der Waals surface area contributed by atoms with E-state index in [9.17, 15) is 0 Å². The number of aromatic nitrogens is 2. The average molecular weight is 230 g/mol. The number of aliphatic hydroxyl groups excluding tert-OH is 1.